The lowest BCUT2D eigenvalue weighted by Crippen LogP contribution is -1.90. The summed E-state index contributed by atoms with van der Waals surface area (Å²) in [6.07, 6.45) is 0. The Hall–Kier alpha value is -1.75. The van der Waals surface area contributed by atoms with E-state index in [4.69, 9.17) is 25.5 Å². The van der Waals surface area contributed by atoms with Gasteiger partial charge < -0.3 is 13.9 Å². The van der Waals surface area contributed by atoms with Crippen LogP contribution in [-0.2, 0) is 0 Å². The monoisotopic (exact) mass is 240 g/mol. The van der Waals surface area contributed by atoms with E-state index in [1.165, 1.54) is 0 Å². The highest BCUT2D eigenvalue weighted by atomic mass is 35.5. The van der Waals surface area contributed by atoms with Gasteiger partial charge >= 0.3 is 5.35 Å². The first-order valence-corrected chi connectivity index (χ1v) is 4.84. The minimum atomic E-state index is -0.00660. The van der Waals surface area contributed by atoms with Gasteiger partial charge in [-0.05, 0) is 23.7 Å². The van der Waals surface area contributed by atoms with Gasteiger partial charge in [-0.3, -0.25) is 0 Å². The summed E-state index contributed by atoms with van der Waals surface area (Å²) in [4.78, 5) is 0. The van der Waals surface area contributed by atoms with Crippen LogP contribution in [0.4, 0.5) is 0 Å². The average molecular weight is 241 g/mol. The van der Waals surface area contributed by atoms with Gasteiger partial charge in [-0.15, -0.1) is 5.10 Å². The van der Waals surface area contributed by atoms with Crippen LogP contribution in [0.2, 0.25) is 5.35 Å². The zero-order valence-electron chi connectivity index (χ0n) is 8.73. The topological polar surface area (TPSA) is 57.4 Å². The number of hydrogen-bond acceptors (Lipinski definition) is 5. The van der Waals surface area contributed by atoms with Crippen molar-refractivity contribution in [3.05, 3.63) is 23.5 Å². The second kappa shape index (κ2) is 4.40. The van der Waals surface area contributed by atoms with Crippen molar-refractivity contribution in [2.24, 2.45) is 0 Å². The van der Waals surface area contributed by atoms with Crippen molar-refractivity contribution < 1.29 is 13.9 Å². The molecule has 6 heteroatoms. The Morgan fingerprint density at radius 3 is 2.56 bits per heavy atom. The maximum absolute atomic E-state index is 5.56. The largest absolute Gasteiger partial charge is 0.497 e. The molecule has 1 heterocycles. The number of halogens is 1. The van der Waals surface area contributed by atoms with Crippen LogP contribution in [0.25, 0.3) is 11.5 Å². The van der Waals surface area contributed by atoms with Gasteiger partial charge in [-0.1, -0.05) is 5.10 Å². The summed E-state index contributed by atoms with van der Waals surface area (Å²) < 4.78 is 15.4. The molecule has 0 aliphatic carbocycles. The van der Waals surface area contributed by atoms with Crippen LogP contribution in [0, 0.1) is 0 Å². The molecule has 0 saturated carbocycles. The number of ether oxygens (including phenoxy) is 2. The smallest absolute Gasteiger partial charge is 0.313 e. The lowest BCUT2D eigenvalue weighted by Gasteiger charge is -2.06. The van der Waals surface area contributed by atoms with Crippen LogP contribution in [0.1, 0.15) is 0 Å². The fourth-order valence-electron chi connectivity index (χ4n) is 1.29. The first kappa shape index (κ1) is 10.8. The van der Waals surface area contributed by atoms with Gasteiger partial charge in [0.05, 0.1) is 19.8 Å². The number of hydrogen-bond donors (Lipinski definition) is 0. The maximum atomic E-state index is 5.56. The lowest BCUT2D eigenvalue weighted by atomic mass is 10.2. The molecule has 0 spiro atoms. The van der Waals surface area contributed by atoms with E-state index < -0.39 is 0 Å². The molecule has 1 aromatic heterocycles. The van der Waals surface area contributed by atoms with Gasteiger partial charge in [0.15, 0.2) is 0 Å². The molecular formula is C10H9ClN2O3. The predicted molar refractivity (Wildman–Crippen MR) is 57.8 cm³/mol. The van der Waals surface area contributed by atoms with Gasteiger partial charge in [0.25, 0.3) is 5.89 Å². The minimum Gasteiger partial charge on any atom is -0.497 e. The first-order chi connectivity index (χ1) is 7.74. The van der Waals surface area contributed by atoms with Crippen LogP contribution in [-0.4, -0.2) is 24.4 Å². The molecule has 0 aliphatic rings. The summed E-state index contributed by atoms with van der Waals surface area (Å²) in [6, 6.07) is 5.27. The van der Waals surface area contributed by atoms with Crippen LogP contribution < -0.4 is 9.47 Å². The average Bonchev–Trinajstić information content (AvgIpc) is 2.74. The van der Waals surface area contributed by atoms with Gasteiger partial charge in [-0.25, -0.2) is 0 Å². The Balaban J connectivity index is 2.48. The van der Waals surface area contributed by atoms with E-state index in [2.05, 4.69) is 10.2 Å². The zero-order valence-corrected chi connectivity index (χ0v) is 9.49. The highest BCUT2D eigenvalue weighted by molar-refractivity contribution is 6.27. The highest BCUT2D eigenvalue weighted by Crippen LogP contribution is 2.32. The number of methoxy groups -OCH3 is 2. The third-order valence-corrected chi connectivity index (χ3v) is 2.19. The Kier molecular flexibility index (Phi) is 2.96. The van der Waals surface area contributed by atoms with Crippen molar-refractivity contribution in [1.82, 2.24) is 10.2 Å². The van der Waals surface area contributed by atoms with Gasteiger partial charge in [0.2, 0.25) is 0 Å². The Morgan fingerprint density at radius 1 is 1.19 bits per heavy atom. The molecule has 0 amide bonds. The molecule has 0 N–H and O–H groups in total. The molecule has 0 atom stereocenters. The number of nitrogens with zero attached hydrogens (tertiary/aromatic N) is 2. The van der Waals surface area contributed by atoms with Crippen LogP contribution in [0.5, 0.6) is 11.5 Å². The lowest BCUT2D eigenvalue weighted by molar-refractivity contribution is 0.394. The first-order valence-electron chi connectivity index (χ1n) is 4.46. The summed E-state index contributed by atoms with van der Waals surface area (Å²) in [7, 11) is 3.13. The molecule has 0 aliphatic heterocycles. The van der Waals surface area contributed by atoms with Gasteiger partial charge in [-0.2, -0.15) is 0 Å². The Labute approximate surface area is 97.0 Å². The molecule has 16 heavy (non-hydrogen) atoms. The summed E-state index contributed by atoms with van der Waals surface area (Å²) in [5.41, 5.74) is 0.669. The van der Waals surface area contributed by atoms with Gasteiger partial charge in [0.1, 0.15) is 11.5 Å². The standard InChI is InChI=1S/C10H9ClN2O3/c1-14-6-3-4-7(8(5-6)15-2)9-12-13-10(11)16-9/h3-5H,1-2H3. The van der Waals surface area contributed by atoms with Crippen molar-refractivity contribution in [2.45, 2.75) is 0 Å². The second-order valence-electron chi connectivity index (χ2n) is 2.93. The molecule has 2 aromatic rings. The highest BCUT2D eigenvalue weighted by Gasteiger charge is 2.13. The van der Waals surface area contributed by atoms with E-state index in [0.29, 0.717) is 23.0 Å². The van der Waals surface area contributed by atoms with Crippen molar-refractivity contribution in [3.63, 3.8) is 0 Å². The Morgan fingerprint density at radius 2 is 2.00 bits per heavy atom. The van der Waals surface area contributed by atoms with Crippen molar-refractivity contribution in [1.29, 1.82) is 0 Å². The molecule has 2 rings (SSSR count). The fraction of sp³-hybridized carbons (Fsp3) is 0.200. The fourth-order valence-corrected chi connectivity index (χ4v) is 1.40. The van der Waals surface area contributed by atoms with E-state index in [9.17, 15) is 0 Å². The third-order valence-electron chi connectivity index (χ3n) is 2.04. The number of rotatable bonds is 3. The second-order valence-corrected chi connectivity index (χ2v) is 3.25. The number of aromatic nitrogens is 2. The summed E-state index contributed by atoms with van der Waals surface area (Å²) >= 11 is 5.56. The van der Waals surface area contributed by atoms with E-state index in [1.807, 2.05) is 0 Å². The molecular weight excluding hydrogens is 232 g/mol. The van der Waals surface area contributed by atoms with E-state index in [0.717, 1.165) is 0 Å². The van der Waals surface area contributed by atoms with E-state index >= 15 is 0 Å². The number of benzene rings is 1. The molecule has 0 bridgehead atoms. The normalized spacial score (nSPS) is 10.2. The molecule has 84 valence electrons. The summed E-state index contributed by atoms with van der Waals surface area (Å²) in [5, 5.41) is 7.35. The molecule has 0 radical (unpaired) electrons. The van der Waals surface area contributed by atoms with E-state index in [1.54, 1.807) is 32.4 Å². The molecule has 1 aromatic carbocycles. The van der Waals surface area contributed by atoms with Crippen LogP contribution in [0.3, 0.4) is 0 Å². The molecule has 0 fully saturated rings. The SMILES string of the molecule is COc1ccc(-c2nnc(Cl)o2)c(OC)c1. The molecule has 0 saturated heterocycles. The van der Waals surface area contributed by atoms with Crippen LogP contribution in [0.15, 0.2) is 22.6 Å². The minimum absolute atomic E-state index is 0.00660. The zero-order chi connectivity index (χ0) is 11.5. The summed E-state index contributed by atoms with van der Waals surface area (Å²) in [5.74, 6) is 1.58. The predicted octanol–water partition coefficient (Wildman–Crippen LogP) is 2.41. The summed E-state index contributed by atoms with van der Waals surface area (Å²) in [6.45, 7) is 0. The van der Waals surface area contributed by atoms with Gasteiger partial charge in [0, 0.05) is 6.07 Å². The third kappa shape index (κ3) is 1.94. The van der Waals surface area contributed by atoms with Crippen molar-refractivity contribution >= 4 is 11.6 Å². The molecule has 0 unspecified atom stereocenters. The van der Waals surface area contributed by atoms with Crippen molar-refractivity contribution in [2.75, 3.05) is 14.2 Å². The van der Waals surface area contributed by atoms with Crippen LogP contribution >= 0.6 is 11.6 Å². The maximum Gasteiger partial charge on any atom is 0.313 e. The quantitative estimate of drug-likeness (QED) is 0.825. The Bertz CT molecular complexity index is 499. The van der Waals surface area contributed by atoms with E-state index in [-0.39, 0.29) is 5.35 Å². The van der Waals surface area contributed by atoms with Crippen molar-refractivity contribution in [3.8, 4) is 23.0 Å². The molecule has 5 nitrogen and oxygen atoms in total.